The minimum Gasteiger partial charge on any atom is -0.314 e. The zero-order chi connectivity index (χ0) is 14.4. The zero-order valence-electron chi connectivity index (χ0n) is 11.5. The van der Waals surface area contributed by atoms with Crippen molar-refractivity contribution in [1.29, 1.82) is 0 Å². The molecule has 0 saturated carbocycles. The molecule has 110 valence electrons. The van der Waals surface area contributed by atoms with E-state index in [1.54, 1.807) is 0 Å². The van der Waals surface area contributed by atoms with Crippen molar-refractivity contribution in [3.63, 3.8) is 0 Å². The van der Waals surface area contributed by atoms with Crippen molar-refractivity contribution in [2.24, 2.45) is 0 Å². The lowest BCUT2D eigenvalue weighted by molar-refractivity contribution is 0.480. The molecule has 0 atom stereocenters. The van der Waals surface area contributed by atoms with Crippen LogP contribution in [0.3, 0.4) is 0 Å². The number of rotatable bonds is 9. The second-order valence-corrected chi connectivity index (χ2v) is 9.18. The monoisotopic (exact) mass is 300 g/mol. The number of sulfonamides is 1. The van der Waals surface area contributed by atoms with Gasteiger partial charge in [-0.1, -0.05) is 13.8 Å². The second-order valence-electron chi connectivity index (χ2n) is 4.73. The Morgan fingerprint density at radius 1 is 1.11 bits per heavy atom. The lowest BCUT2D eigenvalue weighted by Gasteiger charge is -2.17. The van der Waals surface area contributed by atoms with Crippen LogP contribution in [-0.4, -0.2) is 65.1 Å². The number of hydrogen-bond donors (Lipinski definition) is 1. The molecule has 0 amide bonds. The SMILES string of the molecule is CC(C)NCCCS(=O)(=O)N(C)CCS(C)(=O)=O. The third kappa shape index (κ3) is 8.84. The highest BCUT2D eigenvalue weighted by atomic mass is 32.2. The van der Waals surface area contributed by atoms with Gasteiger partial charge in [-0.25, -0.2) is 21.1 Å². The van der Waals surface area contributed by atoms with Crippen molar-refractivity contribution in [1.82, 2.24) is 9.62 Å². The van der Waals surface area contributed by atoms with Crippen LogP contribution in [0.15, 0.2) is 0 Å². The van der Waals surface area contributed by atoms with Crippen molar-refractivity contribution in [3.05, 3.63) is 0 Å². The van der Waals surface area contributed by atoms with Crippen molar-refractivity contribution >= 4 is 19.9 Å². The van der Waals surface area contributed by atoms with Crippen molar-refractivity contribution in [2.75, 3.05) is 37.9 Å². The molecule has 0 unspecified atom stereocenters. The minimum atomic E-state index is -3.35. The summed E-state index contributed by atoms with van der Waals surface area (Å²) in [4.78, 5) is 0. The Labute approximate surface area is 111 Å². The third-order valence-electron chi connectivity index (χ3n) is 2.38. The van der Waals surface area contributed by atoms with E-state index in [1.165, 1.54) is 7.05 Å². The Morgan fingerprint density at radius 3 is 2.11 bits per heavy atom. The molecule has 1 N–H and O–H groups in total. The Balaban J connectivity index is 4.12. The smallest absolute Gasteiger partial charge is 0.213 e. The quantitative estimate of drug-likeness (QED) is 0.590. The van der Waals surface area contributed by atoms with Gasteiger partial charge in [0.1, 0.15) is 9.84 Å². The number of nitrogens with zero attached hydrogens (tertiary/aromatic N) is 1. The van der Waals surface area contributed by atoms with Crippen LogP contribution in [0.5, 0.6) is 0 Å². The molecule has 0 fully saturated rings. The van der Waals surface area contributed by atoms with Gasteiger partial charge in [-0.15, -0.1) is 0 Å². The van der Waals surface area contributed by atoms with Gasteiger partial charge < -0.3 is 5.32 Å². The maximum atomic E-state index is 11.8. The molecular weight excluding hydrogens is 276 g/mol. The summed E-state index contributed by atoms with van der Waals surface area (Å²) in [7, 11) is -5.07. The Morgan fingerprint density at radius 2 is 1.67 bits per heavy atom. The van der Waals surface area contributed by atoms with E-state index in [9.17, 15) is 16.8 Å². The maximum Gasteiger partial charge on any atom is 0.213 e. The average Bonchev–Trinajstić information content (AvgIpc) is 2.19. The summed E-state index contributed by atoms with van der Waals surface area (Å²) in [6.07, 6.45) is 1.61. The first kappa shape index (κ1) is 17.8. The summed E-state index contributed by atoms with van der Waals surface area (Å²) in [5.74, 6) is -0.111. The molecule has 0 bridgehead atoms. The molecule has 0 aliphatic heterocycles. The zero-order valence-corrected chi connectivity index (χ0v) is 13.1. The van der Waals surface area contributed by atoms with E-state index in [4.69, 9.17) is 0 Å². The van der Waals surface area contributed by atoms with E-state index >= 15 is 0 Å². The van der Waals surface area contributed by atoms with Gasteiger partial charge in [0.15, 0.2) is 0 Å². The summed E-state index contributed by atoms with van der Waals surface area (Å²) >= 11 is 0. The summed E-state index contributed by atoms with van der Waals surface area (Å²) in [5, 5.41) is 3.13. The Hall–Kier alpha value is -0.180. The van der Waals surface area contributed by atoms with Gasteiger partial charge in [0.05, 0.1) is 11.5 Å². The molecule has 0 aromatic rings. The fraction of sp³-hybridized carbons (Fsp3) is 1.00. The molecule has 0 aliphatic rings. The molecule has 0 aliphatic carbocycles. The van der Waals surface area contributed by atoms with Gasteiger partial charge in [-0.2, -0.15) is 0 Å². The van der Waals surface area contributed by atoms with Gasteiger partial charge in [0.2, 0.25) is 10.0 Å². The highest BCUT2D eigenvalue weighted by Crippen LogP contribution is 2.01. The summed E-state index contributed by atoms with van der Waals surface area (Å²) in [6.45, 7) is 4.63. The van der Waals surface area contributed by atoms with Crippen molar-refractivity contribution in [2.45, 2.75) is 26.3 Å². The second kappa shape index (κ2) is 7.42. The number of hydrogen-bond acceptors (Lipinski definition) is 5. The van der Waals surface area contributed by atoms with Crippen LogP contribution in [0.2, 0.25) is 0 Å². The van der Waals surface area contributed by atoms with E-state index in [2.05, 4.69) is 5.32 Å². The molecule has 0 radical (unpaired) electrons. The first-order valence-electron chi connectivity index (χ1n) is 5.90. The van der Waals surface area contributed by atoms with Crippen LogP contribution >= 0.6 is 0 Å². The van der Waals surface area contributed by atoms with Crippen LogP contribution in [-0.2, 0) is 19.9 Å². The predicted octanol–water partition coefficient (Wildman–Crippen LogP) is -0.319. The number of nitrogens with one attached hydrogen (secondary N) is 1. The Bertz CT molecular complexity index is 429. The van der Waals surface area contributed by atoms with Gasteiger partial charge >= 0.3 is 0 Å². The van der Waals surface area contributed by atoms with Crippen LogP contribution in [0.4, 0.5) is 0 Å². The van der Waals surface area contributed by atoms with Crippen LogP contribution in [0.25, 0.3) is 0 Å². The topological polar surface area (TPSA) is 83.6 Å². The summed E-state index contributed by atoms with van der Waals surface area (Å²) in [6, 6.07) is 0.329. The predicted molar refractivity (Wildman–Crippen MR) is 73.9 cm³/mol. The molecular formula is C10H24N2O4S2. The van der Waals surface area contributed by atoms with Crippen molar-refractivity contribution < 1.29 is 16.8 Å². The van der Waals surface area contributed by atoms with Crippen molar-refractivity contribution in [3.8, 4) is 0 Å². The lowest BCUT2D eigenvalue weighted by Crippen LogP contribution is -2.34. The standard InChI is InChI=1S/C10H24N2O4S2/c1-10(2)11-6-5-8-18(15,16)12(3)7-9-17(4,13)14/h10-11H,5-9H2,1-4H3. The molecule has 18 heavy (non-hydrogen) atoms. The van der Waals surface area contributed by atoms with E-state index in [0.29, 0.717) is 19.0 Å². The highest BCUT2D eigenvalue weighted by Gasteiger charge is 2.18. The largest absolute Gasteiger partial charge is 0.314 e. The molecule has 0 aromatic carbocycles. The molecule has 0 rings (SSSR count). The highest BCUT2D eigenvalue weighted by molar-refractivity contribution is 7.91. The van der Waals surface area contributed by atoms with Crippen LogP contribution < -0.4 is 5.32 Å². The fourth-order valence-corrected chi connectivity index (χ4v) is 3.15. The third-order valence-corrected chi connectivity index (χ3v) is 5.24. The van der Waals surface area contributed by atoms with Crippen LogP contribution in [0, 0.1) is 0 Å². The van der Waals surface area contributed by atoms with Gasteiger partial charge in [0.25, 0.3) is 0 Å². The van der Waals surface area contributed by atoms with Crippen LogP contribution in [0.1, 0.15) is 20.3 Å². The fourth-order valence-electron chi connectivity index (χ4n) is 1.23. The molecule has 0 saturated heterocycles. The van der Waals surface area contributed by atoms with E-state index < -0.39 is 19.9 Å². The normalized spacial score (nSPS) is 13.4. The van der Waals surface area contributed by atoms with E-state index in [0.717, 1.165) is 10.6 Å². The first-order valence-corrected chi connectivity index (χ1v) is 9.56. The average molecular weight is 300 g/mol. The molecule has 0 aromatic heterocycles. The number of sulfone groups is 1. The molecule has 0 heterocycles. The first-order chi connectivity index (χ1) is 8.04. The molecule has 6 nitrogen and oxygen atoms in total. The van der Waals surface area contributed by atoms with Gasteiger partial charge in [-0.05, 0) is 13.0 Å². The Kier molecular flexibility index (Phi) is 7.34. The molecule has 0 spiro atoms. The molecule has 8 heteroatoms. The maximum absolute atomic E-state index is 11.8. The van der Waals surface area contributed by atoms with E-state index in [1.807, 2.05) is 13.8 Å². The lowest BCUT2D eigenvalue weighted by atomic mass is 10.4. The van der Waals surface area contributed by atoms with E-state index in [-0.39, 0.29) is 18.1 Å². The summed E-state index contributed by atoms with van der Waals surface area (Å²) < 4.78 is 46.6. The van der Waals surface area contributed by atoms with Gasteiger partial charge in [0, 0.05) is 25.9 Å². The minimum absolute atomic E-state index is 0.0127. The van der Waals surface area contributed by atoms with Gasteiger partial charge in [-0.3, -0.25) is 0 Å². The summed E-state index contributed by atoms with van der Waals surface area (Å²) in [5.41, 5.74) is 0.